The van der Waals surface area contributed by atoms with Crippen LogP contribution in [0.5, 0.6) is 0 Å². The monoisotopic (exact) mass is 449 g/mol. The van der Waals surface area contributed by atoms with Gasteiger partial charge in [0.05, 0.1) is 18.1 Å². The Balaban J connectivity index is 0.000000307. The number of hydrogen-bond donors (Lipinski definition) is 2. The van der Waals surface area contributed by atoms with Gasteiger partial charge in [0.15, 0.2) is 0 Å². The Morgan fingerprint density at radius 1 is 1.19 bits per heavy atom. The van der Waals surface area contributed by atoms with E-state index in [-0.39, 0.29) is 5.91 Å². The number of carboxylic acid groups (broad SMARTS) is 1. The molecule has 0 saturated carbocycles. The van der Waals surface area contributed by atoms with E-state index >= 15 is 0 Å². The van der Waals surface area contributed by atoms with Crippen molar-refractivity contribution in [3.05, 3.63) is 36.2 Å². The fourth-order valence-electron chi connectivity index (χ4n) is 4.09. The molecule has 0 aliphatic carbocycles. The lowest BCUT2D eigenvalue weighted by molar-refractivity contribution is -0.192. The molecule has 1 aromatic heterocycles. The molecule has 0 bridgehead atoms. The number of aliphatic carboxylic acids is 1. The molecule has 2 saturated heterocycles. The topological polar surface area (TPSA) is 98.7 Å². The molecule has 0 atom stereocenters. The molecule has 1 aromatic carbocycles. The van der Waals surface area contributed by atoms with Crippen molar-refractivity contribution in [1.82, 2.24) is 15.3 Å². The van der Waals surface area contributed by atoms with Crippen LogP contribution in [-0.4, -0.2) is 66.4 Å². The summed E-state index contributed by atoms with van der Waals surface area (Å²) in [5, 5.41) is 10.5. The zero-order valence-corrected chi connectivity index (χ0v) is 17.3. The summed E-state index contributed by atoms with van der Waals surface area (Å²) in [5.74, 6) is -1.62. The highest BCUT2D eigenvalue weighted by Gasteiger charge is 2.48. The molecule has 2 aromatic rings. The normalized spacial score (nSPS) is 18.8. The molecule has 8 nitrogen and oxygen atoms in total. The van der Waals surface area contributed by atoms with Crippen LogP contribution in [0.15, 0.2) is 30.6 Å². The number of halogens is 3. The Morgan fingerprint density at radius 3 is 2.47 bits per heavy atom. The van der Waals surface area contributed by atoms with E-state index in [0.29, 0.717) is 11.8 Å². The highest BCUT2D eigenvalue weighted by Crippen LogP contribution is 2.37. The van der Waals surface area contributed by atoms with Crippen LogP contribution in [0.25, 0.3) is 11.3 Å². The summed E-state index contributed by atoms with van der Waals surface area (Å²) in [5.41, 5.74) is 4.64. The number of benzene rings is 1. The predicted octanol–water partition coefficient (Wildman–Crippen LogP) is 2.10. The number of carbonyl (C=O) groups excluding carboxylic acids is 1. The van der Waals surface area contributed by atoms with Gasteiger partial charge in [-0.3, -0.25) is 9.78 Å². The van der Waals surface area contributed by atoms with Crippen molar-refractivity contribution in [2.45, 2.75) is 19.0 Å². The van der Waals surface area contributed by atoms with Gasteiger partial charge in [0.25, 0.3) is 0 Å². The van der Waals surface area contributed by atoms with Crippen molar-refractivity contribution >= 4 is 23.4 Å². The number of alkyl halides is 3. The van der Waals surface area contributed by atoms with E-state index in [4.69, 9.17) is 14.9 Å². The SMILES string of the molecule is CN1C(=O)CCc2cc(-c3cncc(N4CC5(CNC5)C4)n3)ccc21.O=C(O)C(F)(F)F. The molecule has 2 N–H and O–H groups in total. The maximum absolute atomic E-state index is 11.8. The number of nitrogens with one attached hydrogen (secondary N) is 1. The van der Waals surface area contributed by atoms with E-state index in [1.165, 1.54) is 5.56 Å². The zero-order valence-electron chi connectivity index (χ0n) is 17.3. The first-order chi connectivity index (χ1) is 15.1. The van der Waals surface area contributed by atoms with Crippen LogP contribution < -0.4 is 15.1 Å². The van der Waals surface area contributed by atoms with Crippen LogP contribution in [0.4, 0.5) is 24.7 Å². The second-order valence-electron chi connectivity index (χ2n) is 8.32. The number of fused-ring (bicyclic) bond motifs is 1. The fourth-order valence-corrected chi connectivity index (χ4v) is 4.09. The Bertz CT molecular complexity index is 1050. The molecule has 2 fully saturated rings. The Labute approximate surface area is 182 Å². The third-order valence-corrected chi connectivity index (χ3v) is 5.96. The number of amides is 1. The number of carbonyl (C=O) groups is 2. The molecule has 3 aliphatic heterocycles. The lowest BCUT2D eigenvalue weighted by Crippen LogP contribution is -2.71. The molecule has 5 rings (SSSR count). The zero-order chi connectivity index (χ0) is 23.1. The van der Waals surface area contributed by atoms with Gasteiger partial charge >= 0.3 is 12.1 Å². The van der Waals surface area contributed by atoms with Crippen LogP contribution in [0.2, 0.25) is 0 Å². The third kappa shape index (κ3) is 4.24. The molecule has 1 spiro atoms. The second-order valence-corrected chi connectivity index (χ2v) is 8.32. The van der Waals surface area contributed by atoms with Gasteiger partial charge in [-0.2, -0.15) is 13.2 Å². The summed E-state index contributed by atoms with van der Waals surface area (Å²) in [6, 6.07) is 6.21. The standard InChI is InChI=1S/C19H21N5O.C2HF3O2/c1-23-16-4-2-13(6-14(16)3-5-18(23)25)15-7-20-8-17(22-15)24-11-19(12-24)9-21-10-19;3-2(4,5)1(6)7/h2,4,6-8,21H,3,5,9-12H2,1H3;(H,6,7). The minimum atomic E-state index is -5.08. The minimum absolute atomic E-state index is 0.180. The van der Waals surface area contributed by atoms with E-state index in [0.717, 1.165) is 55.4 Å². The summed E-state index contributed by atoms with van der Waals surface area (Å²) >= 11 is 0. The van der Waals surface area contributed by atoms with Gasteiger partial charge in [0.2, 0.25) is 5.91 Å². The summed E-state index contributed by atoms with van der Waals surface area (Å²) in [7, 11) is 1.84. The smallest absolute Gasteiger partial charge is 0.475 e. The first-order valence-electron chi connectivity index (χ1n) is 10.1. The van der Waals surface area contributed by atoms with Gasteiger partial charge in [0, 0.05) is 56.3 Å². The molecule has 11 heteroatoms. The molecular formula is C21H22F3N5O3. The maximum atomic E-state index is 11.8. The van der Waals surface area contributed by atoms with Crippen LogP contribution in [0.1, 0.15) is 12.0 Å². The molecule has 3 aliphatic rings. The molecule has 0 radical (unpaired) electrons. The number of aromatic nitrogens is 2. The molecule has 4 heterocycles. The predicted molar refractivity (Wildman–Crippen MR) is 110 cm³/mol. The minimum Gasteiger partial charge on any atom is -0.475 e. The average molecular weight is 449 g/mol. The van der Waals surface area contributed by atoms with Gasteiger partial charge < -0.3 is 20.2 Å². The van der Waals surface area contributed by atoms with E-state index in [1.54, 1.807) is 4.90 Å². The molecule has 0 unspecified atom stereocenters. The van der Waals surface area contributed by atoms with E-state index in [1.807, 2.05) is 31.6 Å². The van der Waals surface area contributed by atoms with Crippen LogP contribution in [0.3, 0.4) is 0 Å². The summed E-state index contributed by atoms with van der Waals surface area (Å²) < 4.78 is 31.7. The van der Waals surface area contributed by atoms with E-state index in [9.17, 15) is 18.0 Å². The molecule has 170 valence electrons. The van der Waals surface area contributed by atoms with Crippen LogP contribution in [0, 0.1) is 5.41 Å². The van der Waals surface area contributed by atoms with Crippen molar-refractivity contribution in [1.29, 1.82) is 0 Å². The lowest BCUT2D eigenvalue weighted by atomic mass is 9.74. The van der Waals surface area contributed by atoms with Crippen molar-refractivity contribution in [2.24, 2.45) is 5.41 Å². The number of rotatable bonds is 2. The Hall–Kier alpha value is -3.21. The second kappa shape index (κ2) is 8.05. The van der Waals surface area contributed by atoms with Crippen LogP contribution >= 0.6 is 0 Å². The number of aryl methyl sites for hydroxylation is 1. The quantitative estimate of drug-likeness (QED) is 0.725. The van der Waals surface area contributed by atoms with E-state index in [2.05, 4.69) is 21.3 Å². The van der Waals surface area contributed by atoms with Gasteiger partial charge in [-0.15, -0.1) is 0 Å². The fraction of sp³-hybridized carbons (Fsp3) is 0.429. The van der Waals surface area contributed by atoms with E-state index < -0.39 is 12.1 Å². The average Bonchev–Trinajstić information content (AvgIpc) is 2.68. The summed E-state index contributed by atoms with van der Waals surface area (Å²) in [6.07, 6.45) is -0.0413. The molecular weight excluding hydrogens is 427 g/mol. The van der Waals surface area contributed by atoms with Crippen molar-refractivity contribution < 1.29 is 27.9 Å². The van der Waals surface area contributed by atoms with Crippen molar-refractivity contribution in [3.8, 4) is 11.3 Å². The summed E-state index contributed by atoms with van der Waals surface area (Å²) in [4.78, 5) is 34.0. The van der Waals surface area contributed by atoms with Gasteiger partial charge in [-0.05, 0) is 24.1 Å². The van der Waals surface area contributed by atoms with Gasteiger partial charge in [-0.25, -0.2) is 9.78 Å². The number of hydrogen-bond acceptors (Lipinski definition) is 6. The highest BCUT2D eigenvalue weighted by atomic mass is 19.4. The Morgan fingerprint density at radius 2 is 1.88 bits per heavy atom. The van der Waals surface area contributed by atoms with Gasteiger partial charge in [0.1, 0.15) is 5.82 Å². The highest BCUT2D eigenvalue weighted by molar-refractivity contribution is 5.96. The third-order valence-electron chi connectivity index (χ3n) is 5.96. The summed E-state index contributed by atoms with van der Waals surface area (Å²) in [6.45, 7) is 4.37. The molecule has 32 heavy (non-hydrogen) atoms. The first kappa shape index (κ1) is 22.0. The van der Waals surface area contributed by atoms with Gasteiger partial charge in [-0.1, -0.05) is 6.07 Å². The van der Waals surface area contributed by atoms with Crippen molar-refractivity contribution in [3.63, 3.8) is 0 Å². The van der Waals surface area contributed by atoms with Crippen molar-refractivity contribution in [2.75, 3.05) is 43.0 Å². The Kier molecular flexibility index (Phi) is 5.53. The largest absolute Gasteiger partial charge is 0.490 e. The van der Waals surface area contributed by atoms with Crippen LogP contribution in [-0.2, 0) is 16.0 Å². The number of carboxylic acids is 1. The molecule has 1 amide bonds. The maximum Gasteiger partial charge on any atom is 0.490 e. The number of anilines is 2. The lowest BCUT2D eigenvalue weighted by Gasteiger charge is -2.56. The first-order valence-corrected chi connectivity index (χ1v) is 10.1. The number of nitrogens with zero attached hydrogens (tertiary/aromatic N) is 4.